The summed E-state index contributed by atoms with van der Waals surface area (Å²) in [6.45, 7) is 10.8. The number of hydrogen-bond acceptors (Lipinski definition) is 15. The molecule has 69 heavy (non-hydrogen) atoms. The maximum Gasteiger partial charge on any atom is 0.338 e. The van der Waals surface area contributed by atoms with Crippen LogP contribution in [-0.4, -0.2) is 130 Å². The number of aryl methyl sites for hydroxylation is 1. The van der Waals surface area contributed by atoms with Gasteiger partial charge in [-0.1, -0.05) is 108 Å². The molecule has 1 aromatic carbocycles. The average Bonchev–Trinajstić information content (AvgIpc) is 3.55. The lowest BCUT2D eigenvalue weighted by atomic mass is 9.46. The van der Waals surface area contributed by atoms with E-state index in [0.717, 1.165) is 50.5 Å². The molecule has 15 nitrogen and oxygen atoms in total. The first-order valence-electron chi connectivity index (χ1n) is 26.2. The lowest BCUT2D eigenvalue weighted by Crippen LogP contribution is -2.64. The Balaban J connectivity index is 1.12. The molecule has 3 saturated carbocycles. The van der Waals surface area contributed by atoms with Gasteiger partial charge in [-0.15, -0.1) is 0 Å². The van der Waals surface area contributed by atoms with Crippen LogP contribution in [-0.2, 0) is 42.7 Å². The van der Waals surface area contributed by atoms with Crippen molar-refractivity contribution < 1.29 is 73.1 Å². The van der Waals surface area contributed by atoms with Crippen molar-refractivity contribution in [2.24, 2.45) is 34.5 Å². The van der Waals surface area contributed by atoms with Crippen LogP contribution in [0.4, 0.5) is 0 Å². The van der Waals surface area contributed by atoms with Crippen LogP contribution in [0.15, 0.2) is 35.9 Å². The van der Waals surface area contributed by atoms with E-state index in [1.165, 1.54) is 51.0 Å². The molecular formula is C54H82O15. The quantitative estimate of drug-likeness (QED) is 0.0394. The normalized spacial score (nSPS) is 39.0. The fourth-order valence-electron chi connectivity index (χ4n) is 13.2. The molecule has 4 aliphatic carbocycles. The number of fused-ring (bicyclic) bond motifs is 5. The third-order valence-corrected chi connectivity index (χ3v) is 17.4. The topological polar surface area (TPSA) is 217 Å². The number of esters is 3. The summed E-state index contributed by atoms with van der Waals surface area (Å²) < 4.78 is 42.7. The molecular weight excluding hydrogens is 889 g/mol. The fraction of sp³-hybridized carbons (Fsp3) is 0.796. The summed E-state index contributed by atoms with van der Waals surface area (Å²) >= 11 is 0. The Labute approximate surface area is 408 Å². The summed E-state index contributed by atoms with van der Waals surface area (Å²) in [4.78, 5) is 40.5. The van der Waals surface area contributed by atoms with Crippen molar-refractivity contribution in [1.82, 2.24) is 0 Å². The SMILES string of the molecule is CCCCCCCCCCCCOC(=O)[C@@H](C)[C@@]1(O)[C@@H](O[C@@H]2OC[C@H](O)[C@H](O[C@@H]3OC[C@@H](O)[C@H](O)[C@H]3OC(=O)c3ccc(C)cc3)[C@H]2OC(C)=O)CC2C3CC=C4C[C@@H](O)CC[C@]4(C)C3CC[C@@]21C. The van der Waals surface area contributed by atoms with E-state index < -0.39 is 96.8 Å². The van der Waals surface area contributed by atoms with Gasteiger partial charge in [-0.05, 0) is 101 Å². The van der Waals surface area contributed by atoms with Crippen LogP contribution in [0.25, 0.3) is 0 Å². The first kappa shape index (κ1) is 53.8. The van der Waals surface area contributed by atoms with Gasteiger partial charge in [0, 0.05) is 12.3 Å². The highest BCUT2D eigenvalue weighted by Crippen LogP contribution is 2.69. The lowest BCUT2D eigenvalue weighted by molar-refractivity contribution is -0.345. The van der Waals surface area contributed by atoms with E-state index in [-0.39, 0.29) is 48.0 Å². The molecule has 2 heterocycles. The zero-order chi connectivity index (χ0) is 49.7. The van der Waals surface area contributed by atoms with E-state index >= 15 is 0 Å². The highest BCUT2D eigenvalue weighted by molar-refractivity contribution is 5.89. The van der Waals surface area contributed by atoms with Crippen LogP contribution < -0.4 is 0 Å². The van der Waals surface area contributed by atoms with Crippen molar-refractivity contribution in [1.29, 1.82) is 0 Å². The minimum Gasteiger partial charge on any atom is -0.465 e. The highest BCUT2D eigenvalue weighted by atomic mass is 16.8. The van der Waals surface area contributed by atoms with Crippen molar-refractivity contribution in [2.45, 2.75) is 218 Å². The van der Waals surface area contributed by atoms with Gasteiger partial charge in [0.2, 0.25) is 0 Å². The summed E-state index contributed by atoms with van der Waals surface area (Å²) in [7, 11) is 0. The van der Waals surface area contributed by atoms with Gasteiger partial charge in [-0.3, -0.25) is 9.59 Å². The van der Waals surface area contributed by atoms with Crippen molar-refractivity contribution >= 4 is 17.9 Å². The summed E-state index contributed by atoms with van der Waals surface area (Å²) in [5.41, 5.74) is -0.326. The number of carbonyl (C=O) groups excluding carboxylic acids is 3. The predicted octanol–water partition coefficient (Wildman–Crippen LogP) is 6.78. The molecule has 17 atom stereocenters. The third-order valence-electron chi connectivity index (χ3n) is 17.4. The minimum atomic E-state index is -1.79. The number of aliphatic hydroxyl groups is 5. The maximum atomic E-state index is 14.3. The molecule has 0 spiro atoms. The Morgan fingerprint density at radius 1 is 0.783 bits per heavy atom. The van der Waals surface area contributed by atoms with Gasteiger partial charge in [0.05, 0.1) is 43.5 Å². The van der Waals surface area contributed by atoms with Gasteiger partial charge in [-0.25, -0.2) is 4.79 Å². The van der Waals surface area contributed by atoms with Gasteiger partial charge in [0.15, 0.2) is 24.8 Å². The number of rotatable bonds is 20. The predicted molar refractivity (Wildman–Crippen MR) is 253 cm³/mol. The second-order valence-electron chi connectivity index (χ2n) is 21.8. The Morgan fingerprint density at radius 3 is 2.09 bits per heavy atom. The molecule has 1 aromatic rings. The summed E-state index contributed by atoms with van der Waals surface area (Å²) in [5.74, 6) is -2.81. The Bertz CT molecular complexity index is 1910. The minimum absolute atomic E-state index is 0.106. The largest absolute Gasteiger partial charge is 0.465 e. The number of benzene rings is 1. The molecule has 5 N–H and O–H groups in total. The van der Waals surface area contributed by atoms with Crippen LogP contribution in [0, 0.1) is 41.4 Å². The van der Waals surface area contributed by atoms with E-state index in [9.17, 15) is 39.9 Å². The molecule has 0 amide bonds. The van der Waals surface area contributed by atoms with Crippen LogP contribution in [0.2, 0.25) is 0 Å². The van der Waals surface area contributed by atoms with Crippen LogP contribution in [0.3, 0.4) is 0 Å². The average molecular weight is 971 g/mol. The third kappa shape index (κ3) is 11.5. The van der Waals surface area contributed by atoms with Gasteiger partial charge in [0.25, 0.3) is 0 Å². The Hall–Kier alpha value is -2.99. The number of unbranched alkanes of at least 4 members (excludes halogenated alkanes) is 9. The zero-order valence-electron chi connectivity index (χ0n) is 41.9. The Kier molecular flexibility index (Phi) is 18.1. The van der Waals surface area contributed by atoms with Gasteiger partial charge < -0.3 is 58.7 Å². The molecule has 0 radical (unpaired) electrons. The van der Waals surface area contributed by atoms with Crippen LogP contribution >= 0.6 is 0 Å². The monoisotopic (exact) mass is 971 g/mol. The van der Waals surface area contributed by atoms with Crippen molar-refractivity contribution in [3.05, 3.63) is 47.0 Å². The molecule has 0 aromatic heterocycles. The van der Waals surface area contributed by atoms with E-state index in [0.29, 0.717) is 25.7 Å². The molecule has 15 heteroatoms. The molecule has 388 valence electrons. The van der Waals surface area contributed by atoms with E-state index in [1.54, 1.807) is 31.2 Å². The van der Waals surface area contributed by atoms with Crippen LogP contribution in [0.1, 0.15) is 160 Å². The fourth-order valence-corrected chi connectivity index (χ4v) is 13.2. The number of carbonyl (C=O) groups is 3. The first-order valence-corrected chi connectivity index (χ1v) is 26.2. The summed E-state index contributed by atoms with van der Waals surface area (Å²) in [6, 6.07) is 6.57. The number of allylic oxidation sites excluding steroid dienone is 1. The summed E-state index contributed by atoms with van der Waals surface area (Å²) in [6.07, 6.45) is 5.07. The van der Waals surface area contributed by atoms with Gasteiger partial charge in [-0.2, -0.15) is 0 Å². The number of aliphatic hydroxyl groups excluding tert-OH is 4. The molecule has 3 unspecified atom stereocenters. The molecule has 2 aliphatic heterocycles. The standard InChI is InChI=1S/C54H82O15/c1-7-8-9-10-11-12-13-14-15-16-27-63-48(60)33(3)54(62)43(29-40-38-22-21-36-28-37(56)23-25-52(36,5)39(38)24-26-53(40,54)6)67-51-47(66-34(4)55)45(42(58)31-65-51)69-50-46(44(59)41(57)30-64-50)68-49(61)35-19-17-32(2)18-20-35/h17-21,33,37-47,50-51,56-59,62H,7-16,22-31H2,1-6H3/t33-,37+,38?,39?,40?,41-,42+,43+,44+,45+,46-,47-,50+,51+,52+,53+,54-/m1/s1. The molecule has 0 bridgehead atoms. The molecule has 2 saturated heterocycles. The van der Waals surface area contributed by atoms with Crippen LogP contribution in [0.5, 0.6) is 0 Å². The zero-order valence-corrected chi connectivity index (χ0v) is 41.9. The Morgan fingerprint density at radius 2 is 1.42 bits per heavy atom. The maximum absolute atomic E-state index is 14.3. The van der Waals surface area contributed by atoms with E-state index in [1.807, 2.05) is 6.92 Å². The second kappa shape index (κ2) is 23.3. The van der Waals surface area contributed by atoms with Crippen molar-refractivity contribution in [3.8, 4) is 0 Å². The second-order valence-corrected chi connectivity index (χ2v) is 21.8. The smallest absolute Gasteiger partial charge is 0.338 e. The summed E-state index contributed by atoms with van der Waals surface area (Å²) in [5, 5.41) is 57.4. The van der Waals surface area contributed by atoms with Crippen molar-refractivity contribution in [2.75, 3.05) is 19.8 Å². The van der Waals surface area contributed by atoms with Gasteiger partial charge in [0.1, 0.15) is 30.0 Å². The number of hydrogen-bond donors (Lipinski definition) is 5. The first-order chi connectivity index (χ1) is 32.9. The van der Waals surface area contributed by atoms with E-state index in [4.69, 9.17) is 33.2 Å². The van der Waals surface area contributed by atoms with Crippen molar-refractivity contribution in [3.63, 3.8) is 0 Å². The van der Waals surface area contributed by atoms with Gasteiger partial charge >= 0.3 is 17.9 Å². The molecule has 5 fully saturated rings. The molecule has 6 aliphatic rings. The molecule has 7 rings (SSSR count). The highest BCUT2D eigenvalue weighted by Gasteiger charge is 2.71. The van der Waals surface area contributed by atoms with E-state index in [2.05, 4.69) is 26.8 Å². The number of ether oxygens (including phenoxy) is 7. The lowest BCUT2D eigenvalue weighted by Gasteiger charge is -2.59.